The van der Waals surface area contributed by atoms with Crippen molar-refractivity contribution in [1.82, 2.24) is 5.32 Å². The van der Waals surface area contributed by atoms with E-state index in [1.54, 1.807) is 6.92 Å². The highest BCUT2D eigenvalue weighted by Crippen LogP contribution is 2.23. The van der Waals surface area contributed by atoms with Crippen LogP contribution in [0.1, 0.15) is 19.4 Å². The minimum Gasteiger partial charge on any atom is -0.494 e. The lowest BCUT2D eigenvalue weighted by atomic mass is 10.2. The molecule has 0 saturated carbocycles. The molecule has 17 heavy (non-hydrogen) atoms. The summed E-state index contributed by atoms with van der Waals surface area (Å²) in [7, 11) is 0. The number of benzene rings is 1. The number of halogens is 2. The molecule has 0 aliphatic rings. The molecule has 1 rings (SSSR count). The van der Waals surface area contributed by atoms with Crippen LogP contribution < -0.4 is 10.1 Å². The van der Waals surface area contributed by atoms with Gasteiger partial charge in [-0.1, -0.05) is 15.9 Å². The smallest absolute Gasteiger partial charge is 0.123 e. The normalized spacial score (nSPS) is 11.8. The Morgan fingerprint density at radius 2 is 2.18 bits per heavy atom. The van der Waals surface area contributed by atoms with Gasteiger partial charge in [0.05, 0.1) is 12.7 Å². The van der Waals surface area contributed by atoms with E-state index in [9.17, 15) is 0 Å². The average molecular weight is 325 g/mol. The highest BCUT2D eigenvalue weighted by Gasteiger charge is 2.04. The van der Waals surface area contributed by atoms with Gasteiger partial charge in [0.1, 0.15) is 5.75 Å². The fourth-order valence-corrected chi connectivity index (χ4v) is 1.81. The number of nitrogens with one attached hydrogen (secondary N) is 1. The Labute approximate surface area is 117 Å². The topological polar surface area (TPSA) is 41.5 Å². The van der Waals surface area contributed by atoms with Crippen LogP contribution in [0.5, 0.6) is 5.75 Å². The van der Waals surface area contributed by atoms with Gasteiger partial charge in [-0.25, -0.2) is 0 Å². The Bertz CT molecular complexity index is 334. The first kappa shape index (κ1) is 16.7. The van der Waals surface area contributed by atoms with Crippen LogP contribution in [0.4, 0.5) is 0 Å². The van der Waals surface area contributed by atoms with Gasteiger partial charge in [-0.3, -0.25) is 0 Å². The summed E-state index contributed by atoms with van der Waals surface area (Å²) in [5.74, 6) is 0.892. The van der Waals surface area contributed by atoms with Crippen LogP contribution in [0.15, 0.2) is 22.7 Å². The van der Waals surface area contributed by atoms with E-state index in [0.29, 0.717) is 19.7 Å². The highest BCUT2D eigenvalue weighted by molar-refractivity contribution is 9.10. The maximum atomic E-state index is 9.15. The van der Waals surface area contributed by atoms with Crippen molar-refractivity contribution in [3.63, 3.8) is 0 Å². The number of aliphatic hydroxyl groups is 1. The zero-order valence-electron chi connectivity index (χ0n) is 10.1. The van der Waals surface area contributed by atoms with Crippen molar-refractivity contribution < 1.29 is 9.84 Å². The third kappa shape index (κ3) is 6.27. The molecule has 1 atom stereocenters. The van der Waals surface area contributed by atoms with Crippen LogP contribution in [0.2, 0.25) is 0 Å². The third-order valence-electron chi connectivity index (χ3n) is 2.08. The second kappa shape index (κ2) is 8.75. The number of ether oxygens (including phenoxy) is 1. The van der Waals surface area contributed by atoms with E-state index >= 15 is 0 Å². The summed E-state index contributed by atoms with van der Waals surface area (Å²) >= 11 is 3.44. The summed E-state index contributed by atoms with van der Waals surface area (Å²) in [4.78, 5) is 0. The van der Waals surface area contributed by atoms with Crippen molar-refractivity contribution in [3.8, 4) is 5.75 Å². The van der Waals surface area contributed by atoms with Crippen molar-refractivity contribution in [2.45, 2.75) is 26.5 Å². The van der Waals surface area contributed by atoms with E-state index in [4.69, 9.17) is 9.84 Å². The van der Waals surface area contributed by atoms with Gasteiger partial charge in [0.25, 0.3) is 0 Å². The first-order chi connectivity index (χ1) is 7.63. The lowest BCUT2D eigenvalue weighted by Gasteiger charge is -2.12. The van der Waals surface area contributed by atoms with Crippen LogP contribution in [-0.4, -0.2) is 24.4 Å². The molecule has 1 unspecified atom stereocenters. The summed E-state index contributed by atoms with van der Waals surface area (Å²) in [5, 5.41) is 12.3. The Hall–Kier alpha value is -0.290. The first-order valence-corrected chi connectivity index (χ1v) is 6.22. The van der Waals surface area contributed by atoms with Crippen molar-refractivity contribution in [1.29, 1.82) is 0 Å². The van der Waals surface area contributed by atoms with Crippen LogP contribution in [0.25, 0.3) is 0 Å². The standard InChI is InChI=1S/C12H18BrNO2.ClH/c1-3-16-12-5-4-11(13)6-10(12)8-14-7-9(2)15;/h4-6,9,14-15H,3,7-8H2,1-2H3;1H. The predicted octanol–water partition coefficient (Wildman–Crippen LogP) is 2.74. The molecule has 0 heterocycles. The Morgan fingerprint density at radius 1 is 1.47 bits per heavy atom. The van der Waals surface area contributed by atoms with E-state index in [1.165, 1.54) is 0 Å². The molecule has 0 saturated heterocycles. The molecule has 0 aliphatic carbocycles. The number of hydrogen-bond donors (Lipinski definition) is 2. The molecule has 0 fully saturated rings. The highest BCUT2D eigenvalue weighted by atomic mass is 79.9. The maximum absolute atomic E-state index is 9.15. The van der Waals surface area contributed by atoms with Crippen LogP contribution in [-0.2, 0) is 6.54 Å². The largest absolute Gasteiger partial charge is 0.494 e. The van der Waals surface area contributed by atoms with Gasteiger partial charge in [0.2, 0.25) is 0 Å². The van der Waals surface area contributed by atoms with Gasteiger partial charge in [-0.05, 0) is 32.0 Å². The third-order valence-corrected chi connectivity index (χ3v) is 2.57. The van der Waals surface area contributed by atoms with Gasteiger partial charge in [0, 0.05) is 23.1 Å². The molecule has 2 N–H and O–H groups in total. The zero-order valence-corrected chi connectivity index (χ0v) is 12.5. The first-order valence-electron chi connectivity index (χ1n) is 5.43. The summed E-state index contributed by atoms with van der Waals surface area (Å²) in [5.41, 5.74) is 1.09. The van der Waals surface area contributed by atoms with E-state index < -0.39 is 0 Å². The van der Waals surface area contributed by atoms with E-state index in [1.807, 2.05) is 25.1 Å². The summed E-state index contributed by atoms with van der Waals surface area (Å²) in [6, 6.07) is 5.94. The average Bonchev–Trinajstić information content (AvgIpc) is 2.21. The van der Waals surface area contributed by atoms with Gasteiger partial charge >= 0.3 is 0 Å². The monoisotopic (exact) mass is 323 g/mol. The summed E-state index contributed by atoms with van der Waals surface area (Å²) in [6.07, 6.45) is -0.331. The molecule has 1 aromatic rings. The zero-order chi connectivity index (χ0) is 12.0. The molecule has 0 spiro atoms. The van der Waals surface area contributed by atoms with Crippen molar-refractivity contribution in [2.75, 3.05) is 13.2 Å². The molecular weight excluding hydrogens is 305 g/mol. The minimum absolute atomic E-state index is 0. The van der Waals surface area contributed by atoms with E-state index in [0.717, 1.165) is 15.8 Å². The summed E-state index contributed by atoms with van der Waals surface area (Å²) in [6.45, 7) is 5.66. The maximum Gasteiger partial charge on any atom is 0.123 e. The second-order valence-electron chi connectivity index (χ2n) is 3.66. The molecular formula is C12H19BrClNO2. The van der Waals surface area contributed by atoms with E-state index in [2.05, 4.69) is 21.2 Å². The Morgan fingerprint density at radius 3 is 2.76 bits per heavy atom. The van der Waals surface area contributed by atoms with Crippen molar-refractivity contribution in [3.05, 3.63) is 28.2 Å². The lowest BCUT2D eigenvalue weighted by molar-refractivity contribution is 0.190. The molecule has 5 heteroatoms. The van der Waals surface area contributed by atoms with Gasteiger partial charge in [-0.15, -0.1) is 12.4 Å². The molecule has 98 valence electrons. The number of aliphatic hydroxyl groups excluding tert-OH is 1. The fraction of sp³-hybridized carbons (Fsp3) is 0.500. The van der Waals surface area contributed by atoms with Gasteiger partial charge in [0.15, 0.2) is 0 Å². The Kier molecular flexibility index (Phi) is 8.60. The predicted molar refractivity (Wildman–Crippen MR) is 75.9 cm³/mol. The summed E-state index contributed by atoms with van der Waals surface area (Å²) < 4.78 is 6.56. The van der Waals surface area contributed by atoms with Crippen LogP contribution in [0.3, 0.4) is 0 Å². The molecule has 0 aromatic heterocycles. The van der Waals surface area contributed by atoms with Crippen LogP contribution >= 0.6 is 28.3 Å². The number of hydrogen-bond acceptors (Lipinski definition) is 3. The van der Waals surface area contributed by atoms with Crippen molar-refractivity contribution in [2.24, 2.45) is 0 Å². The number of rotatable bonds is 6. The molecule has 0 radical (unpaired) electrons. The van der Waals surface area contributed by atoms with Crippen LogP contribution in [0, 0.1) is 0 Å². The van der Waals surface area contributed by atoms with E-state index in [-0.39, 0.29) is 18.5 Å². The van der Waals surface area contributed by atoms with Gasteiger partial charge in [-0.2, -0.15) is 0 Å². The van der Waals surface area contributed by atoms with Crippen molar-refractivity contribution >= 4 is 28.3 Å². The molecule has 0 aliphatic heterocycles. The molecule has 0 bridgehead atoms. The Balaban J connectivity index is 0.00000256. The fourth-order valence-electron chi connectivity index (χ4n) is 1.40. The minimum atomic E-state index is -0.331. The lowest BCUT2D eigenvalue weighted by Crippen LogP contribution is -2.24. The molecule has 3 nitrogen and oxygen atoms in total. The SMILES string of the molecule is CCOc1ccc(Br)cc1CNCC(C)O.Cl. The second-order valence-corrected chi connectivity index (χ2v) is 4.58. The molecule has 1 aromatic carbocycles. The van der Waals surface area contributed by atoms with Gasteiger partial charge < -0.3 is 15.2 Å². The quantitative estimate of drug-likeness (QED) is 0.845. The molecule has 0 amide bonds.